The Labute approximate surface area is 143 Å². The summed E-state index contributed by atoms with van der Waals surface area (Å²) in [6, 6.07) is 4.71. The van der Waals surface area contributed by atoms with E-state index in [0.717, 1.165) is 50.2 Å². The van der Waals surface area contributed by atoms with E-state index in [0.29, 0.717) is 18.5 Å². The molecule has 2 atom stereocenters. The predicted octanol–water partition coefficient (Wildman–Crippen LogP) is 1.77. The first-order valence-electron chi connectivity index (χ1n) is 8.88. The number of hydrogen-bond acceptors (Lipinski definition) is 4. The Morgan fingerprint density at radius 1 is 1.46 bits per heavy atom. The molecular formula is C18H27N5O. The molecule has 2 heterocycles. The molecule has 1 saturated heterocycles. The number of carbonyl (C=O) groups is 1. The summed E-state index contributed by atoms with van der Waals surface area (Å²) in [7, 11) is 0. The number of nitriles is 1. The molecule has 6 nitrogen and oxygen atoms in total. The van der Waals surface area contributed by atoms with E-state index in [2.05, 4.69) is 34.4 Å². The van der Waals surface area contributed by atoms with Gasteiger partial charge in [-0.3, -0.25) is 14.4 Å². The summed E-state index contributed by atoms with van der Waals surface area (Å²) in [5, 5.41) is 16.9. The summed E-state index contributed by atoms with van der Waals surface area (Å²) in [5.74, 6) is 0.279. The summed E-state index contributed by atoms with van der Waals surface area (Å²) in [4.78, 5) is 14.7. The Kier molecular flexibility index (Phi) is 4.64. The molecular weight excluding hydrogens is 302 g/mol. The summed E-state index contributed by atoms with van der Waals surface area (Å²) in [5.41, 5.74) is 1.49. The normalized spacial score (nSPS) is 23.7. The van der Waals surface area contributed by atoms with Crippen LogP contribution < -0.4 is 5.32 Å². The molecule has 1 aliphatic carbocycles. The van der Waals surface area contributed by atoms with Gasteiger partial charge in [-0.05, 0) is 65.0 Å². The highest BCUT2D eigenvalue weighted by molar-refractivity contribution is 5.79. The van der Waals surface area contributed by atoms with Gasteiger partial charge in [-0.2, -0.15) is 10.4 Å². The third kappa shape index (κ3) is 3.62. The number of rotatable bonds is 6. The average molecular weight is 329 g/mol. The van der Waals surface area contributed by atoms with Crippen molar-refractivity contribution in [2.75, 3.05) is 13.1 Å². The zero-order valence-electron chi connectivity index (χ0n) is 14.9. The van der Waals surface area contributed by atoms with Crippen LogP contribution >= 0.6 is 0 Å². The topological polar surface area (TPSA) is 74.0 Å². The fraction of sp³-hybridized carbons (Fsp3) is 0.722. The second-order valence-electron chi connectivity index (χ2n) is 7.51. The lowest BCUT2D eigenvalue weighted by molar-refractivity contribution is -0.124. The fourth-order valence-electron chi connectivity index (χ4n) is 3.77. The SMILES string of the molecule is Cc1cc(C)n(C[C@H]2CCCN2CC(=O)N[C@@](C)(C#N)C2CC2)n1. The van der Waals surface area contributed by atoms with Crippen LogP contribution in [0.4, 0.5) is 0 Å². The summed E-state index contributed by atoms with van der Waals surface area (Å²) in [6.45, 7) is 8.05. The molecule has 3 rings (SSSR count). The van der Waals surface area contributed by atoms with Crippen molar-refractivity contribution in [2.45, 2.75) is 64.6 Å². The molecule has 1 amide bonds. The third-order valence-corrected chi connectivity index (χ3v) is 5.36. The first kappa shape index (κ1) is 17.0. The molecule has 2 fully saturated rings. The highest BCUT2D eigenvalue weighted by atomic mass is 16.2. The third-order valence-electron chi connectivity index (χ3n) is 5.36. The smallest absolute Gasteiger partial charge is 0.235 e. The van der Waals surface area contributed by atoms with E-state index in [9.17, 15) is 10.1 Å². The van der Waals surface area contributed by atoms with Crippen molar-refractivity contribution in [3.05, 3.63) is 17.5 Å². The minimum Gasteiger partial charge on any atom is -0.337 e. The van der Waals surface area contributed by atoms with Crippen LogP contribution in [-0.2, 0) is 11.3 Å². The lowest BCUT2D eigenvalue weighted by Gasteiger charge is -2.27. The molecule has 0 bridgehead atoms. The van der Waals surface area contributed by atoms with Gasteiger partial charge >= 0.3 is 0 Å². The number of aromatic nitrogens is 2. The zero-order valence-corrected chi connectivity index (χ0v) is 14.9. The van der Waals surface area contributed by atoms with Crippen LogP contribution in [0.5, 0.6) is 0 Å². The molecule has 1 aromatic heterocycles. The molecule has 24 heavy (non-hydrogen) atoms. The van der Waals surface area contributed by atoms with E-state index in [1.165, 1.54) is 0 Å². The lowest BCUT2D eigenvalue weighted by atomic mass is 9.98. The number of nitrogens with one attached hydrogen (secondary N) is 1. The van der Waals surface area contributed by atoms with Crippen molar-refractivity contribution in [3.8, 4) is 6.07 Å². The number of amides is 1. The van der Waals surface area contributed by atoms with E-state index >= 15 is 0 Å². The van der Waals surface area contributed by atoms with Crippen molar-refractivity contribution in [2.24, 2.45) is 5.92 Å². The van der Waals surface area contributed by atoms with E-state index in [1.807, 2.05) is 18.5 Å². The average Bonchev–Trinajstić information content (AvgIpc) is 3.23. The van der Waals surface area contributed by atoms with Crippen LogP contribution in [0.1, 0.15) is 44.0 Å². The lowest BCUT2D eigenvalue weighted by Crippen LogP contribution is -2.51. The van der Waals surface area contributed by atoms with E-state index in [4.69, 9.17) is 0 Å². The van der Waals surface area contributed by atoms with Gasteiger partial charge in [0, 0.05) is 11.7 Å². The van der Waals surface area contributed by atoms with Gasteiger partial charge < -0.3 is 5.32 Å². The van der Waals surface area contributed by atoms with Gasteiger partial charge in [0.25, 0.3) is 0 Å². The maximum atomic E-state index is 12.4. The van der Waals surface area contributed by atoms with Crippen LogP contribution in [0.25, 0.3) is 0 Å². The van der Waals surface area contributed by atoms with E-state index < -0.39 is 5.54 Å². The van der Waals surface area contributed by atoms with Crippen molar-refractivity contribution < 1.29 is 4.79 Å². The number of hydrogen-bond donors (Lipinski definition) is 1. The summed E-state index contributed by atoms with van der Waals surface area (Å²) < 4.78 is 2.04. The van der Waals surface area contributed by atoms with Crippen molar-refractivity contribution in [1.29, 1.82) is 5.26 Å². The Morgan fingerprint density at radius 2 is 2.21 bits per heavy atom. The largest absolute Gasteiger partial charge is 0.337 e. The van der Waals surface area contributed by atoms with Gasteiger partial charge in [0.05, 0.1) is 24.9 Å². The molecule has 1 N–H and O–H groups in total. The highest BCUT2D eigenvalue weighted by Gasteiger charge is 2.43. The van der Waals surface area contributed by atoms with Crippen molar-refractivity contribution in [1.82, 2.24) is 20.0 Å². The Balaban J connectivity index is 1.58. The monoisotopic (exact) mass is 329 g/mol. The molecule has 0 spiro atoms. The molecule has 1 aliphatic heterocycles. The first-order chi connectivity index (χ1) is 11.4. The van der Waals surface area contributed by atoms with Crippen LogP contribution in [-0.4, -0.2) is 45.3 Å². The second-order valence-corrected chi connectivity index (χ2v) is 7.51. The quantitative estimate of drug-likeness (QED) is 0.863. The summed E-state index contributed by atoms with van der Waals surface area (Å²) in [6.07, 6.45) is 4.27. The minimum absolute atomic E-state index is 0.0359. The van der Waals surface area contributed by atoms with Crippen LogP contribution in [0.15, 0.2) is 6.07 Å². The molecule has 1 aromatic rings. The van der Waals surface area contributed by atoms with Crippen LogP contribution in [0.2, 0.25) is 0 Å². The molecule has 130 valence electrons. The van der Waals surface area contributed by atoms with Crippen LogP contribution in [0, 0.1) is 31.1 Å². The minimum atomic E-state index is -0.706. The maximum Gasteiger partial charge on any atom is 0.235 e. The molecule has 0 aromatic carbocycles. The van der Waals surface area contributed by atoms with Gasteiger partial charge in [0.1, 0.15) is 5.54 Å². The fourth-order valence-corrected chi connectivity index (χ4v) is 3.77. The van der Waals surface area contributed by atoms with Crippen molar-refractivity contribution >= 4 is 5.91 Å². The zero-order chi connectivity index (χ0) is 17.3. The molecule has 0 unspecified atom stereocenters. The van der Waals surface area contributed by atoms with Gasteiger partial charge in [0.2, 0.25) is 5.91 Å². The predicted molar refractivity (Wildman–Crippen MR) is 91.2 cm³/mol. The number of likely N-dealkylation sites (tertiary alicyclic amines) is 1. The first-order valence-corrected chi connectivity index (χ1v) is 8.88. The van der Waals surface area contributed by atoms with Gasteiger partial charge in [-0.15, -0.1) is 0 Å². The Bertz CT molecular complexity index is 657. The van der Waals surface area contributed by atoms with Gasteiger partial charge in [-0.1, -0.05) is 0 Å². The van der Waals surface area contributed by atoms with Gasteiger partial charge in [0.15, 0.2) is 0 Å². The molecule has 1 saturated carbocycles. The van der Waals surface area contributed by atoms with E-state index in [1.54, 1.807) is 0 Å². The standard InChI is InChI=1S/C18H27N5O/c1-13-9-14(2)23(21-13)10-16-5-4-8-22(16)11-17(24)20-18(3,12-19)15-6-7-15/h9,15-16H,4-8,10-11H2,1-3H3,(H,20,24)/t16-,18+/m1/s1. The molecule has 2 aliphatic rings. The van der Waals surface area contributed by atoms with E-state index in [-0.39, 0.29) is 5.91 Å². The molecule has 0 radical (unpaired) electrons. The van der Waals surface area contributed by atoms with Gasteiger partial charge in [-0.25, -0.2) is 0 Å². The highest BCUT2D eigenvalue weighted by Crippen LogP contribution is 2.39. The number of nitrogens with zero attached hydrogens (tertiary/aromatic N) is 4. The van der Waals surface area contributed by atoms with Crippen LogP contribution in [0.3, 0.4) is 0 Å². The number of aryl methyl sites for hydroxylation is 2. The Morgan fingerprint density at radius 3 is 2.79 bits per heavy atom. The maximum absolute atomic E-state index is 12.4. The Hall–Kier alpha value is -1.87. The second kappa shape index (κ2) is 6.56. The van der Waals surface area contributed by atoms with Crippen molar-refractivity contribution in [3.63, 3.8) is 0 Å². The number of carbonyl (C=O) groups excluding carboxylic acids is 1. The molecule has 6 heteroatoms. The summed E-state index contributed by atoms with van der Waals surface area (Å²) >= 11 is 0.